The summed E-state index contributed by atoms with van der Waals surface area (Å²) in [7, 11) is 0. The monoisotopic (exact) mass is 537 g/mol. The van der Waals surface area contributed by atoms with Crippen LogP contribution in [0.4, 0.5) is 0 Å². The number of hydrogen-bond donors (Lipinski definition) is 0. The molecule has 0 amide bonds. The summed E-state index contributed by atoms with van der Waals surface area (Å²) in [5.74, 6) is 0.872. The summed E-state index contributed by atoms with van der Waals surface area (Å²) in [6.07, 6.45) is 0.855. The Morgan fingerprint density at radius 2 is 1.24 bits per heavy atom. The van der Waals surface area contributed by atoms with Crippen molar-refractivity contribution in [2.75, 3.05) is 0 Å². The predicted octanol–water partition coefficient (Wildman–Crippen LogP) is 9.10. The van der Waals surface area contributed by atoms with Crippen molar-refractivity contribution < 1.29 is 0 Å². The van der Waals surface area contributed by atoms with Gasteiger partial charge in [-0.3, -0.25) is 4.99 Å². The van der Waals surface area contributed by atoms with E-state index in [1.807, 2.05) is 6.07 Å². The normalized spacial score (nSPS) is 17.7. The molecule has 2 bridgehead atoms. The van der Waals surface area contributed by atoms with Crippen LogP contribution >= 0.6 is 0 Å². The first-order valence-electron chi connectivity index (χ1n) is 14.6. The molecule has 2 unspecified atom stereocenters. The molecule has 2 aliphatic heterocycles. The zero-order chi connectivity index (χ0) is 27.6. The highest BCUT2D eigenvalue weighted by Crippen LogP contribution is 2.44. The number of amidine groups is 1. The van der Waals surface area contributed by atoms with Gasteiger partial charge in [0, 0.05) is 27.8 Å². The smallest absolute Gasteiger partial charge is 0.155 e. The number of aliphatic imine (C=N–C) groups is 2. The van der Waals surface area contributed by atoms with E-state index in [4.69, 9.17) is 9.98 Å². The highest BCUT2D eigenvalue weighted by atomic mass is 15.0. The molecule has 0 aliphatic carbocycles. The Bertz CT molecular complexity index is 2220. The third-order valence-electron chi connectivity index (χ3n) is 8.97. The number of nitrogens with zero attached hydrogens (tertiary/aromatic N) is 3. The van der Waals surface area contributed by atoms with E-state index in [2.05, 4.69) is 138 Å². The average molecular weight is 538 g/mol. The lowest BCUT2D eigenvalue weighted by Gasteiger charge is -2.32. The molecular formula is C39H27N3. The average Bonchev–Trinajstić information content (AvgIpc) is 3.39. The third kappa shape index (κ3) is 3.53. The number of para-hydroxylation sites is 1. The highest BCUT2D eigenvalue weighted by Gasteiger charge is 2.36. The molecule has 9 rings (SSSR count). The van der Waals surface area contributed by atoms with E-state index >= 15 is 0 Å². The number of benzene rings is 6. The van der Waals surface area contributed by atoms with Gasteiger partial charge in [0.05, 0.1) is 28.5 Å². The van der Waals surface area contributed by atoms with Crippen molar-refractivity contribution in [1.29, 1.82) is 0 Å². The predicted molar refractivity (Wildman–Crippen MR) is 174 cm³/mol. The van der Waals surface area contributed by atoms with Crippen LogP contribution in [-0.2, 0) is 6.42 Å². The van der Waals surface area contributed by atoms with Crippen molar-refractivity contribution in [3.8, 4) is 5.69 Å². The second kappa shape index (κ2) is 9.12. The molecule has 2 aliphatic rings. The van der Waals surface area contributed by atoms with Gasteiger partial charge >= 0.3 is 0 Å². The van der Waals surface area contributed by atoms with E-state index in [1.54, 1.807) is 0 Å². The Morgan fingerprint density at radius 3 is 2.05 bits per heavy atom. The van der Waals surface area contributed by atoms with Crippen molar-refractivity contribution in [3.63, 3.8) is 0 Å². The van der Waals surface area contributed by atoms with Crippen LogP contribution in [0.15, 0.2) is 150 Å². The zero-order valence-corrected chi connectivity index (χ0v) is 23.0. The molecule has 0 saturated carbocycles. The highest BCUT2D eigenvalue weighted by molar-refractivity contribution is 6.15. The summed E-state index contributed by atoms with van der Waals surface area (Å²) in [6.45, 7) is 0. The largest absolute Gasteiger partial charge is 0.309 e. The molecule has 198 valence electrons. The maximum Gasteiger partial charge on any atom is 0.155 e. The Labute approximate surface area is 244 Å². The molecule has 1 aromatic heterocycles. The molecule has 42 heavy (non-hydrogen) atoms. The Hall–Kier alpha value is -5.28. The van der Waals surface area contributed by atoms with Gasteiger partial charge in [-0.2, -0.15) is 0 Å². The van der Waals surface area contributed by atoms with E-state index < -0.39 is 0 Å². The van der Waals surface area contributed by atoms with Crippen molar-refractivity contribution in [2.24, 2.45) is 15.9 Å². The van der Waals surface area contributed by atoms with Gasteiger partial charge in [-0.15, -0.1) is 0 Å². The van der Waals surface area contributed by atoms with E-state index in [1.165, 1.54) is 49.4 Å². The van der Waals surface area contributed by atoms with Crippen molar-refractivity contribution in [1.82, 2.24) is 4.57 Å². The lowest BCUT2D eigenvalue weighted by Crippen LogP contribution is -2.30. The van der Waals surface area contributed by atoms with E-state index in [0.717, 1.165) is 29.1 Å². The summed E-state index contributed by atoms with van der Waals surface area (Å²) in [6, 6.07) is 50.3. The zero-order valence-electron chi connectivity index (χ0n) is 23.0. The quantitative estimate of drug-likeness (QED) is 0.211. The fraction of sp³-hybridized carbons (Fsp3) is 0.0769. The van der Waals surface area contributed by atoms with Gasteiger partial charge in [0.25, 0.3) is 0 Å². The number of aromatic nitrogens is 1. The van der Waals surface area contributed by atoms with Crippen molar-refractivity contribution in [2.45, 2.75) is 12.5 Å². The van der Waals surface area contributed by atoms with E-state index in [9.17, 15) is 0 Å². The van der Waals surface area contributed by atoms with E-state index in [-0.39, 0.29) is 12.0 Å². The lowest BCUT2D eigenvalue weighted by molar-refractivity contribution is 0.545. The molecule has 7 aromatic rings. The Balaban J connectivity index is 1.41. The molecule has 0 saturated heterocycles. The maximum absolute atomic E-state index is 5.53. The summed E-state index contributed by atoms with van der Waals surface area (Å²) < 4.78 is 2.48. The first kappa shape index (κ1) is 23.4. The van der Waals surface area contributed by atoms with Crippen LogP contribution in [0, 0.1) is 5.92 Å². The standard InChI is InChI=1S/C39H27N3/c1-3-11-26(12-4-1)37-33-21-25-19-20-31-30-17-9-10-18-34(30)42(35(31)22-25)36-24-29-16-8-7-15-28(29)23-32(36)38(33)41-39(40-37)27-13-5-2-6-14-27/h1-20,22-24,33,38H,21H2. The molecule has 0 spiro atoms. The van der Waals surface area contributed by atoms with E-state index in [0.29, 0.717) is 0 Å². The lowest BCUT2D eigenvalue weighted by atomic mass is 9.80. The molecule has 0 N–H and O–H groups in total. The minimum absolute atomic E-state index is 0.0769. The van der Waals surface area contributed by atoms with Crippen LogP contribution in [0.1, 0.15) is 28.3 Å². The molecule has 3 heterocycles. The second-order valence-electron chi connectivity index (χ2n) is 11.4. The minimum atomic E-state index is -0.113. The molecule has 0 radical (unpaired) electrons. The molecular weight excluding hydrogens is 510 g/mol. The summed E-state index contributed by atoms with van der Waals surface area (Å²) in [5, 5.41) is 5.02. The number of hydrogen-bond acceptors (Lipinski definition) is 2. The first-order valence-corrected chi connectivity index (χ1v) is 14.6. The third-order valence-corrected chi connectivity index (χ3v) is 8.97. The first-order chi connectivity index (χ1) is 20.8. The number of rotatable bonds is 2. The van der Waals surface area contributed by atoms with Crippen LogP contribution in [0.2, 0.25) is 0 Å². The summed E-state index contributed by atoms with van der Waals surface area (Å²) in [4.78, 5) is 10.9. The summed E-state index contributed by atoms with van der Waals surface area (Å²) in [5.41, 5.74) is 9.50. The van der Waals surface area contributed by atoms with Gasteiger partial charge in [-0.1, -0.05) is 115 Å². The minimum Gasteiger partial charge on any atom is -0.309 e. The molecule has 6 aromatic carbocycles. The molecule has 0 fully saturated rings. The van der Waals surface area contributed by atoms with Gasteiger partial charge in [-0.05, 0) is 52.6 Å². The topological polar surface area (TPSA) is 29.6 Å². The molecule has 3 nitrogen and oxygen atoms in total. The fourth-order valence-corrected chi connectivity index (χ4v) is 7.04. The van der Waals surface area contributed by atoms with Gasteiger partial charge < -0.3 is 4.57 Å². The van der Waals surface area contributed by atoms with Crippen LogP contribution in [0.5, 0.6) is 0 Å². The maximum atomic E-state index is 5.53. The van der Waals surface area contributed by atoms with Gasteiger partial charge in [-0.25, -0.2) is 4.99 Å². The fourth-order valence-electron chi connectivity index (χ4n) is 7.04. The van der Waals surface area contributed by atoms with Crippen LogP contribution in [-0.4, -0.2) is 16.1 Å². The Morgan fingerprint density at radius 1 is 0.571 bits per heavy atom. The second-order valence-corrected chi connectivity index (χ2v) is 11.4. The molecule has 2 atom stereocenters. The van der Waals surface area contributed by atoms with Gasteiger partial charge in [0.2, 0.25) is 0 Å². The summed E-state index contributed by atoms with van der Waals surface area (Å²) >= 11 is 0. The Kier molecular flexibility index (Phi) is 5.09. The molecule has 3 heteroatoms. The van der Waals surface area contributed by atoms with Crippen LogP contribution < -0.4 is 0 Å². The van der Waals surface area contributed by atoms with Crippen molar-refractivity contribution in [3.05, 3.63) is 162 Å². The number of fused-ring (bicyclic) bond motifs is 9. The van der Waals surface area contributed by atoms with Gasteiger partial charge in [0.1, 0.15) is 0 Å². The van der Waals surface area contributed by atoms with Crippen molar-refractivity contribution >= 4 is 44.1 Å². The van der Waals surface area contributed by atoms with Crippen LogP contribution in [0.3, 0.4) is 0 Å². The SMILES string of the molecule is c1ccc(C2=NC3c4cc5ccccc5cc4-n4c5ccccc5c5ccc(cc54)CC3C(c3ccccc3)=N2)cc1. The van der Waals surface area contributed by atoms with Crippen LogP contribution in [0.25, 0.3) is 38.3 Å². The van der Waals surface area contributed by atoms with Gasteiger partial charge in [0.15, 0.2) is 5.84 Å².